The van der Waals surface area contributed by atoms with Crippen LogP contribution in [0.2, 0.25) is 0 Å². The number of rotatable bonds is 6. The maximum absolute atomic E-state index is 2.37. The third kappa shape index (κ3) is 5.06. The van der Waals surface area contributed by atoms with Gasteiger partial charge in [-0.2, -0.15) is 0 Å². The van der Waals surface area contributed by atoms with Crippen molar-refractivity contribution in [3.8, 4) is 0 Å². The lowest BCUT2D eigenvalue weighted by atomic mass is 9.96. The molecular weight excluding hydrogens is 300 g/mol. The van der Waals surface area contributed by atoms with Crippen molar-refractivity contribution in [1.82, 2.24) is 0 Å². The molecule has 0 fully saturated rings. The van der Waals surface area contributed by atoms with Crippen molar-refractivity contribution < 1.29 is 0 Å². The average molecular weight is 328 g/mol. The van der Waals surface area contributed by atoms with Crippen LogP contribution >= 0.6 is 0 Å². The fourth-order valence-corrected chi connectivity index (χ4v) is 3.27. The average Bonchev–Trinajstić information content (AvgIpc) is 2.62. The molecule has 0 spiro atoms. The largest absolute Gasteiger partial charge is 0.0591 e. The highest BCUT2D eigenvalue weighted by atomic mass is 14.1. The van der Waals surface area contributed by atoms with Gasteiger partial charge in [-0.05, 0) is 74.3 Å². The zero-order valence-electron chi connectivity index (χ0n) is 15.7. The Morgan fingerprint density at radius 3 is 1.44 bits per heavy atom. The highest BCUT2D eigenvalue weighted by Crippen LogP contribution is 2.16. The van der Waals surface area contributed by atoms with E-state index < -0.39 is 0 Å². The second-order valence-electron chi connectivity index (χ2n) is 7.23. The summed E-state index contributed by atoms with van der Waals surface area (Å²) in [5, 5.41) is 0. The van der Waals surface area contributed by atoms with Crippen molar-refractivity contribution >= 4 is 0 Å². The molecule has 0 amide bonds. The van der Waals surface area contributed by atoms with Crippen molar-refractivity contribution in [2.45, 2.75) is 46.5 Å². The molecule has 0 aliphatic carbocycles. The summed E-state index contributed by atoms with van der Waals surface area (Å²) in [6.45, 7) is 6.53. The van der Waals surface area contributed by atoms with E-state index in [1.54, 1.807) is 0 Å². The summed E-state index contributed by atoms with van der Waals surface area (Å²) in [7, 11) is 0. The molecule has 0 aromatic heterocycles. The van der Waals surface area contributed by atoms with Gasteiger partial charge >= 0.3 is 0 Å². The van der Waals surface area contributed by atoms with Crippen LogP contribution in [0.15, 0.2) is 66.7 Å². The summed E-state index contributed by atoms with van der Waals surface area (Å²) in [6.07, 6.45) is 4.46. The molecule has 0 aliphatic rings. The van der Waals surface area contributed by atoms with Gasteiger partial charge in [-0.1, -0.05) is 77.9 Å². The molecule has 0 saturated carbocycles. The Kier molecular flexibility index (Phi) is 5.71. The van der Waals surface area contributed by atoms with E-state index in [9.17, 15) is 0 Å². The van der Waals surface area contributed by atoms with E-state index in [1.165, 1.54) is 38.9 Å². The molecule has 0 N–H and O–H groups in total. The van der Waals surface area contributed by atoms with Gasteiger partial charge in [-0.15, -0.1) is 0 Å². The second kappa shape index (κ2) is 8.16. The van der Waals surface area contributed by atoms with Gasteiger partial charge in [0.2, 0.25) is 0 Å². The van der Waals surface area contributed by atoms with Crippen molar-refractivity contribution in [2.24, 2.45) is 0 Å². The molecule has 0 aliphatic heterocycles. The fraction of sp³-hybridized carbons (Fsp3) is 0.280. The summed E-state index contributed by atoms with van der Waals surface area (Å²) in [6, 6.07) is 24.8. The quantitative estimate of drug-likeness (QED) is 0.506. The molecule has 0 radical (unpaired) electrons. The summed E-state index contributed by atoms with van der Waals surface area (Å²) >= 11 is 0. The van der Waals surface area contributed by atoms with E-state index in [0.717, 1.165) is 25.7 Å². The van der Waals surface area contributed by atoms with Gasteiger partial charge in [0.1, 0.15) is 0 Å². The van der Waals surface area contributed by atoms with Crippen LogP contribution in [-0.4, -0.2) is 0 Å². The molecule has 0 atom stereocenters. The van der Waals surface area contributed by atoms with Crippen LogP contribution in [0, 0.1) is 20.8 Å². The molecule has 3 rings (SSSR count). The van der Waals surface area contributed by atoms with Crippen LogP contribution < -0.4 is 0 Å². The normalized spacial score (nSPS) is 10.8. The van der Waals surface area contributed by atoms with Crippen molar-refractivity contribution in [2.75, 3.05) is 0 Å². The van der Waals surface area contributed by atoms with Crippen LogP contribution in [0.1, 0.15) is 38.9 Å². The smallest absolute Gasteiger partial charge is 0.0236 e. The number of hydrogen-bond acceptors (Lipinski definition) is 0. The second-order valence-corrected chi connectivity index (χ2v) is 7.23. The van der Waals surface area contributed by atoms with Gasteiger partial charge in [-0.3, -0.25) is 0 Å². The summed E-state index contributed by atoms with van der Waals surface area (Å²) < 4.78 is 0. The van der Waals surface area contributed by atoms with E-state index in [4.69, 9.17) is 0 Å². The Hall–Kier alpha value is -2.34. The van der Waals surface area contributed by atoms with E-state index in [-0.39, 0.29) is 0 Å². The van der Waals surface area contributed by atoms with E-state index in [0.29, 0.717) is 0 Å². The summed E-state index contributed by atoms with van der Waals surface area (Å²) in [5.41, 5.74) is 9.85. The molecule has 3 aromatic carbocycles. The van der Waals surface area contributed by atoms with Crippen molar-refractivity contribution in [1.29, 1.82) is 0 Å². The Morgan fingerprint density at radius 2 is 0.920 bits per heavy atom. The fourth-order valence-electron chi connectivity index (χ4n) is 3.27. The molecule has 0 heteroatoms. The van der Waals surface area contributed by atoms with Crippen LogP contribution in [0.4, 0.5) is 0 Å². The first-order chi connectivity index (χ1) is 12.1. The molecule has 0 unspecified atom stereocenters. The minimum Gasteiger partial charge on any atom is -0.0591 e. The highest BCUT2D eigenvalue weighted by molar-refractivity contribution is 5.33. The highest BCUT2D eigenvalue weighted by Gasteiger charge is 2.03. The van der Waals surface area contributed by atoms with Crippen LogP contribution in [0.5, 0.6) is 0 Å². The first-order valence-electron chi connectivity index (χ1n) is 9.29. The Labute approximate surface area is 152 Å². The van der Waals surface area contributed by atoms with Crippen molar-refractivity contribution in [3.63, 3.8) is 0 Å². The third-order valence-corrected chi connectivity index (χ3v) is 5.03. The third-order valence-electron chi connectivity index (χ3n) is 5.03. The Morgan fingerprint density at radius 1 is 0.480 bits per heavy atom. The maximum atomic E-state index is 2.37. The minimum absolute atomic E-state index is 1.11. The molecule has 0 nitrogen and oxygen atoms in total. The predicted molar refractivity (Wildman–Crippen MR) is 108 cm³/mol. The lowest BCUT2D eigenvalue weighted by molar-refractivity contribution is 0.928. The van der Waals surface area contributed by atoms with Gasteiger partial charge in [0.05, 0.1) is 0 Å². The monoisotopic (exact) mass is 328 g/mol. The molecular formula is C25H28. The molecule has 128 valence electrons. The van der Waals surface area contributed by atoms with Gasteiger partial charge in [0.25, 0.3) is 0 Å². The van der Waals surface area contributed by atoms with Gasteiger partial charge in [0.15, 0.2) is 0 Å². The van der Waals surface area contributed by atoms with Crippen LogP contribution in [0.25, 0.3) is 0 Å². The molecule has 0 saturated heterocycles. The van der Waals surface area contributed by atoms with Crippen LogP contribution in [-0.2, 0) is 25.7 Å². The number of hydrogen-bond donors (Lipinski definition) is 0. The van der Waals surface area contributed by atoms with Gasteiger partial charge in [0, 0.05) is 0 Å². The summed E-state index contributed by atoms with van der Waals surface area (Å²) in [5.74, 6) is 0. The zero-order valence-corrected chi connectivity index (χ0v) is 15.7. The standard InChI is InChI=1S/C25H28/c1-19-4-8-22(9-5-19)12-13-24-15-17-25(21(3)18-24)16-14-23-10-6-20(2)7-11-23/h4-11,15,17-18H,12-14,16H2,1-3H3. The topological polar surface area (TPSA) is 0 Å². The van der Waals surface area contributed by atoms with E-state index in [2.05, 4.69) is 87.5 Å². The number of benzene rings is 3. The van der Waals surface area contributed by atoms with Gasteiger partial charge < -0.3 is 0 Å². The lowest BCUT2D eigenvalue weighted by Crippen LogP contribution is -1.97. The molecule has 25 heavy (non-hydrogen) atoms. The van der Waals surface area contributed by atoms with E-state index >= 15 is 0 Å². The first-order valence-corrected chi connectivity index (χ1v) is 9.29. The van der Waals surface area contributed by atoms with Gasteiger partial charge in [-0.25, -0.2) is 0 Å². The van der Waals surface area contributed by atoms with Crippen molar-refractivity contribution in [3.05, 3.63) is 106 Å². The predicted octanol–water partition coefficient (Wildman–Crippen LogP) is 6.18. The first kappa shape index (κ1) is 17.5. The molecule has 3 aromatic rings. The molecule has 0 heterocycles. The zero-order chi connectivity index (χ0) is 17.6. The Bertz CT molecular complexity index is 808. The number of aryl methyl sites for hydroxylation is 7. The SMILES string of the molecule is Cc1ccc(CCc2ccc(CCc3ccc(C)cc3)c(C)c2)cc1. The summed E-state index contributed by atoms with van der Waals surface area (Å²) in [4.78, 5) is 0. The lowest BCUT2D eigenvalue weighted by Gasteiger charge is -2.10. The Balaban J connectivity index is 1.58. The van der Waals surface area contributed by atoms with E-state index in [1.807, 2.05) is 0 Å². The maximum Gasteiger partial charge on any atom is -0.0236 e. The van der Waals surface area contributed by atoms with Crippen LogP contribution in [0.3, 0.4) is 0 Å². The minimum atomic E-state index is 1.11. The molecule has 0 bridgehead atoms.